The van der Waals surface area contributed by atoms with Gasteiger partial charge in [0.15, 0.2) is 5.76 Å². The van der Waals surface area contributed by atoms with Crippen LogP contribution in [-0.2, 0) is 9.59 Å². The highest BCUT2D eigenvalue weighted by Gasteiger charge is 2.46. The average Bonchev–Trinajstić information content (AvgIpc) is 3.30. The summed E-state index contributed by atoms with van der Waals surface area (Å²) in [5.41, 5.74) is 2.43. The molecule has 0 spiro atoms. The monoisotopic (exact) mass is 476 g/mol. The summed E-state index contributed by atoms with van der Waals surface area (Å²) in [5, 5.41) is 11.5. The second-order valence-electron chi connectivity index (χ2n) is 9.04. The number of hydrogen-bond acceptors (Lipinski definition) is 6. The Morgan fingerprint density at radius 3 is 2.71 bits per heavy atom. The fourth-order valence-corrected chi connectivity index (χ4v) is 4.54. The van der Waals surface area contributed by atoms with Gasteiger partial charge in [0.2, 0.25) is 0 Å². The van der Waals surface area contributed by atoms with Gasteiger partial charge in [-0.3, -0.25) is 14.0 Å². The van der Waals surface area contributed by atoms with Crippen molar-refractivity contribution >= 4 is 23.1 Å². The van der Waals surface area contributed by atoms with E-state index < -0.39 is 17.7 Å². The molecule has 1 fully saturated rings. The van der Waals surface area contributed by atoms with Gasteiger partial charge in [-0.25, -0.2) is 4.98 Å². The Balaban J connectivity index is 1.86. The third-order valence-corrected chi connectivity index (χ3v) is 6.12. The highest BCUT2D eigenvalue weighted by atomic mass is 16.5. The molecule has 4 rings (SSSR count). The van der Waals surface area contributed by atoms with Gasteiger partial charge in [0.1, 0.15) is 17.1 Å². The van der Waals surface area contributed by atoms with E-state index >= 15 is 0 Å². The number of ketones is 1. The van der Waals surface area contributed by atoms with Gasteiger partial charge in [-0.05, 0) is 70.2 Å². The predicted molar refractivity (Wildman–Crippen MR) is 134 cm³/mol. The molecule has 0 bridgehead atoms. The van der Waals surface area contributed by atoms with Gasteiger partial charge in [-0.15, -0.1) is 0 Å². The van der Waals surface area contributed by atoms with E-state index in [2.05, 4.69) is 4.98 Å². The minimum atomic E-state index is -0.726. The van der Waals surface area contributed by atoms with Crippen molar-refractivity contribution in [3.63, 3.8) is 0 Å². The summed E-state index contributed by atoms with van der Waals surface area (Å²) in [6.45, 7) is 5.52. The average molecular weight is 477 g/mol. The number of aliphatic hydroxyl groups is 1. The van der Waals surface area contributed by atoms with Crippen LogP contribution in [0.1, 0.15) is 42.8 Å². The summed E-state index contributed by atoms with van der Waals surface area (Å²) in [7, 11) is 3.93. The Hall–Kier alpha value is -3.65. The molecule has 0 radical (unpaired) electrons. The molecule has 1 atom stereocenters. The van der Waals surface area contributed by atoms with Crippen molar-refractivity contribution in [2.24, 2.45) is 0 Å². The van der Waals surface area contributed by atoms with Gasteiger partial charge >= 0.3 is 0 Å². The van der Waals surface area contributed by atoms with Crippen molar-refractivity contribution in [2.75, 3.05) is 33.8 Å². The molecule has 1 aliphatic heterocycles. The number of aliphatic hydroxyl groups excluding tert-OH is 1. The summed E-state index contributed by atoms with van der Waals surface area (Å²) in [6, 6.07) is 12.2. The minimum Gasteiger partial charge on any atom is -0.505 e. The van der Waals surface area contributed by atoms with Crippen LogP contribution in [0.4, 0.5) is 0 Å². The zero-order valence-corrected chi connectivity index (χ0v) is 20.7. The van der Waals surface area contributed by atoms with E-state index in [4.69, 9.17) is 4.74 Å². The van der Waals surface area contributed by atoms with Crippen molar-refractivity contribution in [3.8, 4) is 5.75 Å². The molecular formula is C27H32N4O4. The molecular weight excluding hydrogens is 444 g/mol. The number of carbonyl (C=O) groups excluding carboxylic acids is 2. The smallest absolute Gasteiger partial charge is 0.295 e. The number of imidazole rings is 1. The van der Waals surface area contributed by atoms with Crippen molar-refractivity contribution in [2.45, 2.75) is 32.7 Å². The molecule has 1 N–H and O–H groups in total. The van der Waals surface area contributed by atoms with Gasteiger partial charge in [0.05, 0.1) is 23.9 Å². The number of pyridine rings is 1. The molecule has 8 nitrogen and oxygen atoms in total. The molecule has 1 amide bonds. The topological polar surface area (TPSA) is 87.4 Å². The van der Waals surface area contributed by atoms with Crippen LogP contribution in [0.15, 0.2) is 54.2 Å². The fraction of sp³-hybridized carbons (Fsp3) is 0.370. The number of amides is 1. The van der Waals surface area contributed by atoms with E-state index in [0.717, 1.165) is 18.5 Å². The number of carbonyl (C=O) groups is 2. The van der Waals surface area contributed by atoms with Gasteiger partial charge in [-0.1, -0.05) is 25.1 Å². The summed E-state index contributed by atoms with van der Waals surface area (Å²) >= 11 is 0. The van der Waals surface area contributed by atoms with Crippen LogP contribution >= 0.6 is 0 Å². The number of nitrogens with zero attached hydrogens (tertiary/aromatic N) is 4. The van der Waals surface area contributed by atoms with Crippen molar-refractivity contribution in [1.82, 2.24) is 19.2 Å². The van der Waals surface area contributed by atoms with Gasteiger partial charge in [0, 0.05) is 12.7 Å². The Kier molecular flexibility index (Phi) is 7.21. The SMILES string of the molecule is CCCOc1cccc(C2/C(=C(\O)c3c(C)nc4ccccn34)C(=O)C(=O)N2CCCN(C)C)c1. The normalized spacial score (nSPS) is 17.6. The fourth-order valence-electron chi connectivity index (χ4n) is 4.54. The quantitative estimate of drug-likeness (QED) is 0.287. The summed E-state index contributed by atoms with van der Waals surface area (Å²) in [6.07, 6.45) is 3.34. The summed E-state index contributed by atoms with van der Waals surface area (Å²) in [5.74, 6) is -0.863. The minimum absolute atomic E-state index is 0.0706. The largest absolute Gasteiger partial charge is 0.505 e. The number of Topliss-reactive ketones (excluding diaryl/α,β-unsaturated/α-hetero) is 1. The van der Waals surface area contributed by atoms with Crippen LogP contribution in [-0.4, -0.2) is 69.8 Å². The maximum Gasteiger partial charge on any atom is 0.295 e. The standard InChI is InChI=1S/C27H32N4O4/c1-5-16-35-20-11-8-10-19(17-20)24-22(26(33)27(34)31(24)15-9-13-29(3)4)25(32)23-18(2)28-21-12-6-7-14-30(21)23/h6-8,10-12,14,17,24,32H,5,9,13,15-16H2,1-4H3/b25-22+. The number of ether oxygens (including phenoxy) is 1. The first-order chi connectivity index (χ1) is 16.8. The number of benzene rings is 1. The first kappa shape index (κ1) is 24.5. The molecule has 1 unspecified atom stereocenters. The Bertz CT molecular complexity index is 1280. The Morgan fingerprint density at radius 2 is 1.97 bits per heavy atom. The molecule has 3 heterocycles. The second kappa shape index (κ2) is 10.3. The third-order valence-electron chi connectivity index (χ3n) is 6.12. The Morgan fingerprint density at radius 1 is 1.17 bits per heavy atom. The highest BCUT2D eigenvalue weighted by molar-refractivity contribution is 6.46. The first-order valence-electron chi connectivity index (χ1n) is 11.9. The maximum absolute atomic E-state index is 13.4. The molecule has 0 aliphatic carbocycles. The molecule has 35 heavy (non-hydrogen) atoms. The van der Waals surface area contributed by atoms with Crippen LogP contribution in [0, 0.1) is 6.92 Å². The summed E-state index contributed by atoms with van der Waals surface area (Å²) < 4.78 is 7.55. The number of aromatic nitrogens is 2. The van der Waals surface area contributed by atoms with E-state index in [1.807, 2.05) is 68.4 Å². The highest BCUT2D eigenvalue weighted by Crippen LogP contribution is 2.40. The zero-order chi connectivity index (χ0) is 25.1. The van der Waals surface area contributed by atoms with E-state index in [1.54, 1.807) is 22.4 Å². The maximum atomic E-state index is 13.4. The molecule has 184 valence electrons. The second-order valence-corrected chi connectivity index (χ2v) is 9.04. The van der Waals surface area contributed by atoms with Crippen molar-refractivity contribution in [3.05, 3.63) is 71.2 Å². The molecule has 1 aliphatic rings. The van der Waals surface area contributed by atoms with Crippen LogP contribution in [0.25, 0.3) is 11.4 Å². The van der Waals surface area contributed by atoms with Crippen LogP contribution in [0.3, 0.4) is 0 Å². The van der Waals surface area contributed by atoms with E-state index in [1.165, 1.54) is 0 Å². The lowest BCUT2D eigenvalue weighted by atomic mass is 9.96. The van der Waals surface area contributed by atoms with Gasteiger partial charge in [-0.2, -0.15) is 0 Å². The molecule has 1 saturated heterocycles. The van der Waals surface area contributed by atoms with E-state index in [9.17, 15) is 14.7 Å². The van der Waals surface area contributed by atoms with Gasteiger partial charge in [0.25, 0.3) is 11.7 Å². The molecule has 0 saturated carbocycles. The van der Waals surface area contributed by atoms with E-state index in [-0.39, 0.29) is 11.3 Å². The number of aryl methyl sites for hydroxylation is 1. The molecule has 3 aromatic rings. The summed E-state index contributed by atoms with van der Waals surface area (Å²) in [4.78, 5) is 34.7. The van der Waals surface area contributed by atoms with Crippen LogP contribution in [0.5, 0.6) is 5.75 Å². The van der Waals surface area contributed by atoms with Gasteiger partial charge < -0.3 is 19.6 Å². The van der Waals surface area contributed by atoms with Crippen molar-refractivity contribution in [1.29, 1.82) is 0 Å². The molecule has 1 aromatic carbocycles. The number of fused-ring (bicyclic) bond motifs is 1. The molecule has 8 heteroatoms. The lowest BCUT2D eigenvalue weighted by Gasteiger charge is -2.26. The third kappa shape index (κ3) is 4.79. The van der Waals surface area contributed by atoms with Crippen LogP contribution in [0.2, 0.25) is 0 Å². The molecule has 2 aromatic heterocycles. The number of likely N-dealkylation sites (tertiary alicyclic amines) is 1. The predicted octanol–water partition coefficient (Wildman–Crippen LogP) is 3.80. The lowest BCUT2D eigenvalue weighted by molar-refractivity contribution is -0.139. The van der Waals surface area contributed by atoms with Crippen LogP contribution < -0.4 is 4.74 Å². The zero-order valence-electron chi connectivity index (χ0n) is 20.7. The van der Waals surface area contributed by atoms with E-state index in [0.29, 0.717) is 42.4 Å². The van der Waals surface area contributed by atoms with Crippen molar-refractivity contribution < 1.29 is 19.4 Å². The lowest BCUT2D eigenvalue weighted by Crippen LogP contribution is -2.32. The number of hydrogen-bond donors (Lipinski definition) is 1. The Labute approximate surface area is 205 Å². The number of rotatable bonds is 9. The first-order valence-corrected chi connectivity index (χ1v) is 11.9.